The Morgan fingerprint density at radius 2 is 2.12 bits per heavy atom. The van der Waals surface area contributed by atoms with Crippen LogP contribution in [0.5, 0.6) is 0 Å². The maximum absolute atomic E-state index is 12.6. The number of carbonyl (C=O) groups is 1. The van der Waals surface area contributed by atoms with Gasteiger partial charge in [-0.1, -0.05) is 20.8 Å². The zero-order valence-corrected chi connectivity index (χ0v) is 16.3. The fraction of sp³-hybridized carbons (Fsp3) is 0.600. The first kappa shape index (κ1) is 18.5. The van der Waals surface area contributed by atoms with Crippen molar-refractivity contribution < 1.29 is 4.79 Å². The fourth-order valence-electron chi connectivity index (χ4n) is 3.64. The van der Waals surface area contributed by atoms with E-state index < -0.39 is 0 Å². The molecule has 1 amide bonds. The van der Waals surface area contributed by atoms with E-state index in [1.807, 2.05) is 36.4 Å². The minimum atomic E-state index is -0.317. The molecule has 1 aliphatic rings. The van der Waals surface area contributed by atoms with Crippen LogP contribution in [0.25, 0.3) is 11.4 Å². The smallest absolute Gasteiger partial charge is 0.227 e. The molecular weight excluding hydrogens is 326 g/mol. The van der Waals surface area contributed by atoms with Crippen LogP contribution in [0, 0.1) is 11.3 Å². The zero-order valence-electron chi connectivity index (χ0n) is 16.3. The quantitative estimate of drug-likeness (QED) is 0.845. The third kappa shape index (κ3) is 4.11. The van der Waals surface area contributed by atoms with Gasteiger partial charge in [0.05, 0.1) is 11.4 Å². The normalized spacial score (nSPS) is 18.2. The molecule has 26 heavy (non-hydrogen) atoms. The van der Waals surface area contributed by atoms with Crippen LogP contribution in [0.15, 0.2) is 24.7 Å². The predicted molar refractivity (Wildman–Crippen MR) is 101 cm³/mol. The van der Waals surface area contributed by atoms with Gasteiger partial charge in [-0.05, 0) is 44.2 Å². The zero-order chi connectivity index (χ0) is 18.7. The SMILES string of the molecule is CCn1nccc1-c1cc(CC2CCCN(C(=O)C(C)(C)C)C2)ncn1. The minimum Gasteiger partial charge on any atom is -0.342 e. The van der Waals surface area contributed by atoms with E-state index in [1.165, 1.54) is 0 Å². The lowest BCUT2D eigenvalue weighted by molar-refractivity contribution is -0.141. The highest BCUT2D eigenvalue weighted by molar-refractivity contribution is 5.81. The second-order valence-corrected chi connectivity index (χ2v) is 8.14. The van der Waals surface area contributed by atoms with Crippen molar-refractivity contribution in [1.29, 1.82) is 0 Å². The average Bonchev–Trinajstić information content (AvgIpc) is 3.09. The Bertz CT molecular complexity index is 762. The van der Waals surface area contributed by atoms with E-state index >= 15 is 0 Å². The van der Waals surface area contributed by atoms with Crippen LogP contribution in [-0.2, 0) is 17.8 Å². The summed E-state index contributed by atoms with van der Waals surface area (Å²) in [7, 11) is 0. The van der Waals surface area contributed by atoms with Crippen molar-refractivity contribution >= 4 is 5.91 Å². The molecular formula is C20H29N5O. The van der Waals surface area contributed by atoms with Crippen LogP contribution >= 0.6 is 0 Å². The topological polar surface area (TPSA) is 63.9 Å². The number of piperidine rings is 1. The lowest BCUT2D eigenvalue weighted by atomic mass is 9.89. The second-order valence-electron chi connectivity index (χ2n) is 8.14. The average molecular weight is 355 g/mol. The van der Waals surface area contributed by atoms with Crippen molar-refractivity contribution in [3.05, 3.63) is 30.4 Å². The summed E-state index contributed by atoms with van der Waals surface area (Å²) in [5.74, 6) is 0.700. The number of likely N-dealkylation sites (tertiary alicyclic amines) is 1. The molecule has 2 aromatic rings. The Balaban J connectivity index is 1.71. The third-order valence-electron chi connectivity index (χ3n) is 4.95. The molecule has 0 aromatic carbocycles. The van der Waals surface area contributed by atoms with Crippen LogP contribution in [0.1, 0.15) is 46.2 Å². The van der Waals surface area contributed by atoms with Gasteiger partial charge >= 0.3 is 0 Å². The minimum absolute atomic E-state index is 0.248. The van der Waals surface area contributed by atoms with Crippen molar-refractivity contribution in [1.82, 2.24) is 24.6 Å². The maximum atomic E-state index is 12.6. The van der Waals surface area contributed by atoms with Crippen LogP contribution in [0.4, 0.5) is 0 Å². The molecule has 0 saturated carbocycles. The molecule has 0 N–H and O–H groups in total. The van der Waals surface area contributed by atoms with E-state index in [-0.39, 0.29) is 11.3 Å². The molecule has 6 nitrogen and oxygen atoms in total. The molecule has 0 aliphatic carbocycles. The van der Waals surface area contributed by atoms with E-state index in [0.717, 1.165) is 56.0 Å². The van der Waals surface area contributed by atoms with Gasteiger partial charge in [-0.2, -0.15) is 5.10 Å². The molecule has 1 atom stereocenters. The van der Waals surface area contributed by atoms with E-state index in [0.29, 0.717) is 5.92 Å². The number of carbonyl (C=O) groups excluding carboxylic acids is 1. The first-order valence-electron chi connectivity index (χ1n) is 9.51. The highest BCUT2D eigenvalue weighted by Crippen LogP contribution is 2.26. The first-order chi connectivity index (χ1) is 12.4. The van der Waals surface area contributed by atoms with Crippen LogP contribution in [-0.4, -0.2) is 43.6 Å². The monoisotopic (exact) mass is 355 g/mol. The van der Waals surface area contributed by atoms with Gasteiger partial charge in [0.2, 0.25) is 5.91 Å². The number of amides is 1. The Hall–Kier alpha value is -2.24. The molecule has 2 aromatic heterocycles. The van der Waals surface area contributed by atoms with Crippen LogP contribution < -0.4 is 0 Å². The Labute approximate surface area is 155 Å². The van der Waals surface area contributed by atoms with Crippen LogP contribution in [0.2, 0.25) is 0 Å². The van der Waals surface area contributed by atoms with Gasteiger partial charge in [-0.3, -0.25) is 9.48 Å². The molecule has 6 heteroatoms. The summed E-state index contributed by atoms with van der Waals surface area (Å²) in [4.78, 5) is 23.5. The molecule has 1 unspecified atom stereocenters. The molecule has 1 aliphatic heterocycles. The number of aryl methyl sites for hydroxylation is 1. The fourth-order valence-corrected chi connectivity index (χ4v) is 3.64. The predicted octanol–water partition coefficient (Wildman–Crippen LogP) is 3.19. The largest absolute Gasteiger partial charge is 0.342 e. The van der Waals surface area contributed by atoms with Crippen molar-refractivity contribution in [2.24, 2.45) is 11.3 Å². The van der Waals surface area contributed by atoms with Gasteiger partial charge < -0.3 is 4.90 Å². The van der Waals surface area contributed by atoms with Gasteiger partial charge in [0.1, 0.15) is 6.33 Å². The van der Waals surface area contributed by atoms with Crippen molar-refractivity contribution in [3.8, 4) is 11.4 Å². The summed E-state index contributed by atoms with van der Waals surface area (Å²) in [5, 5.41) is 4.32. The molecule has 1 saturated heterocycles. The van der Waals surface area contributed by atoms with E-state index in [1.54, 1.807) is 12.5 Å². The summed E-state index contributed by atoms with van der Waals surface area (Å²) < 4.78 is 1.94. The van der Waals surface area contributed by atoms with Crippen molar-refractivity contribution in [3.63, 3.8) is 0 Å². The van der Waals surface area contributed by atoms with Crippen molar-refractivity contribution in [2.45, 2.75) is 53.5 Å². The first-order valence-corrected chi connectivity index (χ1v) is 9.51. The lowest BCUT2D eigenvalue weighted by Crippen LogP contribution is -2.45. The van der Waals surface area contributed by atoms with E-state index in [2.05, 4.69) is 28.1 Å². The summed E-state index contributed by atoms with van der Waals surface area (Å²) in [6.45, 7) is 10.6. The van der Waals surface area contributed by atoms with Gasteiger partial charge in [0.15, 0.2) is 0 Å². The Morgan fingerprint density at radius 1 is 1.31 bits per heavy atom. The molecule has 0 radical (unpaired) electrons. The Kier molecular flexibility index (Phi) is 5.39. The van der Waals surface area contributed by atoms with Crippen molar-refractivity contribution in [2.75, 3.05) is 13.1 Å². The number of rotatable bonds is 4. The molecule has 3 rings (SSSR count). The summed E-state index contributed by atoms with van der Waals surface area (Å²) in [6.07, 6.45) is 6.52. The molecule has 3 heterocycles. The summed E-state index contributed by atoms with van der Waals surface area (Å²) in [5.41, 5.74) is 2.65. The highest BCUT2D eigenvalue weighted by atomic mass is 16.2. The van der Waals surface area contributed by atoms with Gasteiger partial charge in [-0.25, -0.2) is 9.97 Å². The van der Waals surface area contributed by atoms with Gasteiger partial charge in [0, 0.05) is 36.9 Å². The Morgan fingerprint density at radius 3 is 2.85 bits per heavy atom. The summed E-state index contributed by atoms with van der Waals surface area (Å²) >= 11 is 0. The second kappa shape index (κ2) is 7.56. The van der Waals surface area contributed by atoms with E-state index in [9.17, 15) is 4.79 Å². The van der Waals surface area contributed by atoms with Gasteiger partial charge in [-0.15, -0.1) is 0 Å². The molecule has 0 spiro atoms. The van der Waals surface area contributed by atoms with E-state index in [4.69, 9.17) is 0 Å². The molecule has 0 bridgehead atoms. The highest BCUT2D eigenvalue weighted by Gasteiger charge is 2.31. The van der Waals surface area contributed by atoms with Gasteiger partial charge in [0.25, 0.3) is 0 Å². The van der Waals surface area contributed by atoms with Crippen LogP contribution in [0.3, 0.4) is 0 Å². The maximum Gasteiger partial charge on any atom is 0.227 e. The number of aromatic nitrogens is 4. The lowest BCUT2D eigenvalue weighted by Gasteiger charge is -2.36. The summed E-state index contributed by atoms with van der Waals surface area (Å²) in [6, 6.07) is 4.05. The third-order valence-corrected chi connectivity index (χ3v) is 4.95. The number of hydrogen-bond donors (Lipinski definition) is 0. The molecule has 1 fully saturated rings. The number of nitrogens with zero attached hydrogens (tertiary/aromatic N) is 5. The molecule has 140 valence electrons. The number of hydrogen-bond acceptors (Lipinski definition) is 4. The standard InChI is InChI=1S/C20H29N5O/c1-5-25-18(8-9-23-25)17-12-16(21-14-22-17)11-15-7-6-10-24(13-15)19(26)20(2,3)4/h8-9,12,14-15H,5-7,10-11,13H2,1-4H3.